The van der Waals surface area contributed by atoms with Crippen molar-refractivity contribution in [3.8, 4) is 5.69 Å². The zero-order valence-corrected chi connectivity index (χ0v) is 16.2. The minimum absolute atomic E-state index is 0.0978. The van der Waals surface area contributed by atoms with Crippen LogP contribution in [0.4, 0.5) is 5.13 Å². The van der Waals surface area contributed by atoms with E-state index in [1.165, 1.54) is 23.1 Å². The van der Waals surface area contributed by atoms with E-state index < -0.39 is 5.97 Å². The molecular formula is C16H16N6O3S2. The van der Waals surface area contributed by atoms with Crippen LogP contribution >= 0.6 is 23.1 Å². The Hall–Kier alpha value is -2.79. The summed E-state index contributed by atoms with van der Waals surface area (Å²) in [7, 11) is 0. The van der Waals surface area contributed by atoms with E-state index in [9.17, 15) is 9.59 Å². The number of para-hydroxylation sites is 1. The van der Waals surface area contributed by atoms with Crippen LogP contribution in [0.25, 0.3) is 5.69 Å². The molecule has 3 rings (SSSR count). The summed E-state index contributed by atoms with van der Waals surface area (Å²) in [5, 5.41) is 15.1. The van der Waals surface area contributed by atoms with Gasteiger partial charge < -0.3 is 10.1 Å². The van der Waals surface area contributed by atoms with E-state index in [0.29, 0.717) is 15.2 Å². The number of tetrazole rings is 1. The maximum Gasteiger partial charge on any atom is 0.358 e. The largest absolute Gasteiger partial charge is 0.461 e. The summed E-state index contributed by atoms with van der Waals surface area (Å²) < 4.78 is 6.50. The second-order valence-corrected chi connectivity index (χ2v) is 7.34. The standard InChI is InChI=1S/C16H16N6O3S2/c1-3-25-14(24)13-10(2)27-15(18-13)17-12(23)9-26-16-19-20-21-22(16)11-7-5-4-6-8-11/h4-8H,3,9H2,1-2H3,(H,17,18,23). The van der Waals surface area contributed by atoms with Gasteiger partial charge in [0.15, 0.2) is 10.8 Å². The molecule has 0 bridgehead atoms. The van der Waals surface area contributed by atoms with E-state index in [1.54, 1.807) is 18.5 Å². The van der Waals surface area contributed by atoms with Gasteiger partial charge in [0, 0.05) is 4.88 Å². The van der Waals surface area contributed by atoms with Gasteiger partial charge in [0.05, 0.1) is 18.0 Å². The van der Waals surface area contributed by atoms with Gasteiger partial charge in [-0.1, -0.05) is 30.0 Å². The Kier molecular flexibility index (Phi) is 6.14. The van der Waals surface area contributed by atoms with Gasteiger partial charge in [-0.15, -0.1) is 16.4 Å². The molecule has 9 nitrogen and oxygen atoms in total. The average Bonchev–Trinajstić information content (AvgIpc) is 3.27. The Morgan fingerprint density at radius 1 is 1.30 bits per heavy atom. The van der Waals surface area contributed by atoms with Crippen molar-refractivity contribution in [3.05, 3.63) is 40.9 Å². The molecule has 0 saturated carbocycles. The number of thioether (sulfide) groups is 1. The molecule has 3 aromatic rings. The highest BCUT2D eigenvalue weighted by Crippen LogP contribution is 2.24. The van der Waals surface area contributed by atoms with Crippen molar-refractivity contribution in [3.63, 3.8) is 0 Å². The lowest BCUT2D eigenvalue weighted by Crippen LogP contribution is -2.15. The molecule has 1 aromatic carbocycles. The van der Waals surface area contributed by atoms with Gasteiger partial charge in [-0.05, 0) is 36.4 Å². The molecule has 0 aliphatic heterocycles. The van der Waals surface area contributed by atoms with Crippen molar-refractivity contribution in [2.24, 2.45) is 0 Å². The number of carbonyl (C=O) groups excluding carboxylic acids is 2. The number of ether oxygens (including phenoxy) is 1. The monoisotopic (exact) mass is 404 g/mol. The molecule has 1 amide bonds. The first-order valence-corrected chi connectivity index (χ1v) is 9.79. The summed E-state index contributed by atoms with van der Waals surface area (Å²) in [4.78, 5) is 28.8. The van der Waals surface area contributed by atoms with Crippen molar-refractivity contribution in [1.82, 2.24) is 25.2 Å². The molecule has 2 aromatic heterocycles. The van der Waals surface area contributed by atoms with Crippen LogP contribution in [0.5, 0.6) is 0 Å². The van der Waals surface area contributed by atoms with Crippen LogP contribution < -0.4 is 5.32 Å². The van der Waals surface area contributed by atoms with E-state index >= 15 is 0 Å². The van der Waals surface area contributed by atoms with Gasteiger partial charge in [-0.2, -0.15) is 4.68 Å². The zero-order chi connectivity index (χ0) is 19.2. The number of esters is 1. The zero-order valence-electron chi connectivity index (χ0n) is 14.6. The van der Waals surface area contributed by atoms with Crippen LogP contribution in [0.15, 0.2) is 35.5 Å². The molecule has 27 heavy (non-hydrogen) atoms. The SMILES string of the molecule is CCOC(=O)c1nc(NC(=O)CSc2nnnn2-c2ccccc2)sc1C. The first-order chi connectivity index (χ1) is 13.1. The van der Waals surface area contributed by atoms with E-state index in [-0.39, 0.29) is 24.0 Å². The number of rotatable bonds is 7. The van der Waals surface area contributed by atoms with Crippen LogP contribution in [0, 0.1) is 6.92 Å². The number of anilines is 1. The Bertz CT molecular complexity index is 941. The van der Waals surface area contributed by atoms with Gasteiger partial charge in [0.1, 0.15) is 0 Å². The fraction of sp³-hybridized carbons (Fsp3) is 0.250. The van der Waals surface area contributed by atoms with Crippen LogP contribution in [0.1, 0.15) is 22.3 Å². The summed E-state index contributed by atoms with van der Waals surface area (Å²) in [6, 6.07) is 9.40. The second-order valence-electron chi connectivity index (χ2n) is 5.19. The lowest BCUT2D eigenvalue weighted by molar-refractivity contribution is -0.113. The lowest BCUT2D eigenvalue weighted by atomic mass is 10.3. The van der Waals surface area contributed by atoms with Gasteiger partial charge in [-0.3, -0.25) is 4.79 Å². The fourth-order valence-electron chi connectivity index (χ4n) is 2.12. The van der Waals surface area contributed by atoms with E-state index in [1.807, 2.05) is 30.3 Å². The van der Waals surface area contributed by atoms with E-state index in [0.717, 1.165) is 5.69 Å². The number of nitrogens with one attached hydrogen (secondary N) is 1. The third-order valence-corrected chi connectivity index (χ3v) is 5.09. The highest BCUT2D eigenvalue weighted by Gasteiger charge is 2.18. The van der Waals surface area contributed by atoms with Gasteiger partial charge in [0.2, 0.25) is 11.1 Å². The van der Waals surface area contributed by atoms with Crippen molar-refractivity contribution < 1.29 is 14.3 Å². The van der Waals surface area contributed by atoms with E-state index in [4.69, 9.17) is 4.74 Å². The van der Waals surface area contributed by atoms with Crippen molar-refractivity contribution in [1.29, 1.82) is 0 Å². The Labute approximate surface area is 163 Å². The summed E-state index contributed by atoms with van der Waals surface area (Å²) in [6.07, 6.45) is 0. The molecule has 0 atom stereocenters. The molecular weight excluding hydrogens is 388 g/mol. The number of hydrogen-bond acceptors (Lipinski definition) is 9. The third-order valence-electron chi connectivity index (χ3n) is 3.29. The number of aromatic nitrogens is 5. The molecule has 1 N–H and O–H groups in total. The van der Waals surface area contributed by atoms with Gasteiger partial charge in [0.25, 0.3) is 0 Å². The third kappa shape index (κ3) is 4.68. The minimum Gasteiger partial charge on any atom is -0.461 e. The molecule has 11 heteroatoms. The molecule has 0 saturated heterocycles. The van der Waals surface area contributed by atoms with Crippen LogP contribution in [0.3, 0.4) is 0 Å². The molecule has 0 aliphatic rings. The highest BCUT2D eigenvalue weighted by atomic mass is 32.2. The van der Waals surface area contributed by atoms with Crippen LogP contribution in [0.2, 0.25) is 0 Å². The summed E-state index contributed by atoms with van der Waals surface area (Å²) >= 11 is 2.42. The molecule has 0 radical (unpaired) electrons. The molecule has 0 unspecified atom stereocenters. The van der Waals surface area contributed by atoms with Crippen molar-refractivity contribution >= 4 is 40.1 Å². The predicted molar refractivity (Wildman–Crippen MR) is 101 cm³/mol. The number of aryl methyl sites for hydroxylation is 1. The molecule has 0 fully saturated rings. The average molecular weight is 404 g/mol. The quantitative estimate of drug-likeness (QED) is 0.472. The number of benzene rings is 1. The maximum atomic E-state index is 12.2. The molecule has 140 valence electrons. The normalized spacial score (nSPS) is 10.6. The lowest BCUT2D eigenvalue weighted by Gasteiger charge is -2.04. The Morgan fingerprint density at radius 3 is 2.81 bits per heavy atom. The summed E-state index contributed by atoms with van der Waals surface area (Å²) in [6.45, 7) is 3.75. The molecule has 0 spiro atoms. The van der Waals surface area contributed by atoms with Gasteiger partial charge >= 0.3 is 5.97 Å². The molecule has 0 aliphatic carbocycles. The first-order valence-electron chi connectivity index (χ1n) is 7.99. The van der Waals surface area contributed by atoms with Crippen molar-refractivity contribution in [2.45, 2.75) is 19.0 Å². The summed E-state index contributed by atoms with van der Waals surface area (Å²) in [5.41, 5.74) is 1.03. The first kappa shape index (κ1) is 19.0. The summed E-state index contributed by atoms with van der Waals surface area (Å²) in [5.74, 6) is -0.671. The number of carbonyl (C=O) groups is 2. The second kappa shape index (κ2) is 8.73. The topological polar surface area (TPSA) is 112 Å². The maximum absolute atomic E-state index is 12.2. The van der Waals surface area contributed by atoms with Crippen LogP contribution in [-0.2, 0) is 9.53 Å². The fourth-order valence-corrected chi connectivity index (χ4v) is 3.63. The Balaban J connectivity index is 1.61. The number of nitrogens with zero attached hydrogens (tertiary/aromatic N) is 5. The van der Waals surface area contributed by atoms with E-state index in [2.05, 4.69) is 25.8 Å². The predicted octanol–water partition coefficient (Wildman–Crippen LogP) is 2.33. The van der Waals surface area contributed by atoms with Crippen molar-refractivity contribution in [2.75, 3.05) is 17.7 Å². The number of hydrogen-bond donors (Lipinski definition) is 1. The Morgan fingerprint density at radius 2 is 2.07 bits per heavy atom. The minimum atomic E-state index is -0.497. The number of amides is 1. The molecule has 2 heterocycles. The highest BCUT2D eigenvalue weighted by molar-refractivity contribution is 7.99. The smallest absolute Gasteiger partial charge is 0.358 e. The van der Waals surface area contributed by atoms with Crippen LogP contribution in [-0.4, -0.2) is 49.4 Å². The van der Waals surface area contributed by atoms with Gasteiger partial charge in [-0.25, -0.2) is 9.78 Å². The number of thiazole rings is 1.